The number of fused-ring (bicyclic) bond motifs is 3. The fraction of sp³-hybridized carbons (Fsp3) is 0.434. The zero-order valence-corrected chi connectivity index (χ0v) is 39.2. The number of carbonyl (C=O) groups excluding carboxylic acids is 1. The van der Waals surface area contributed by atoms with Crippen LogP contribution in [0.15, 0.2) is 119 Å². The maximum absolute atomic E-state index is 15.0. The molecule has 6 atom stereocenters. The molecule has 1 amide bonds. The van der Waals surface area contributed by atoms with E-state index in [0.29, 0.717) is 52.9 Å². The van der Waals surface area contributed by atoms with Gasteiger partial charge in [-0.3, -0.25) is 14.9 Å². The van der Waals surface area contributed by atoms with E-state index in [-0.39, 0.29) is 81.5 Å². The summed E-state index contributed by atoms with van der Waals surface area (Å²) in [6.45, 7) is 4.75. The first-order valence-electron chi connectivity index (χ1n) is 23.7. The lowest BCUT2D eigenvalue weighted by molar-refractivity contribution is -0.384. The van der Waals surface area contributed by atoms with Gasteiger partial charge in [0, 0.05) is 60.6 Å². The number of nitro groups is 1. The smallest absolute Gasteiger partial charge is 0.269 e. The lowest BCUT2D eigenvalue weighted by atomic mass is 9.55. The van der Waals surface area contributed by atoms with Gasteiger partial charge in [-0.15, -0.1) is 18.3 Å². The molecule has 0 unspecified atom stereocenters. The molecule has 0 spiro atoms. The van der Waals surface area contributed by atoms with Gasteiger partial charge >= 0.3 is 0 Å². The van der Waals surface area contributed by atoms with Crippen molar-refractivity contribution in [2.75, 3.05) is 32.9 Å². The fourth-order valence-corrected chi connectivity index (χ4v) is 10.9. The number of aliphatic hydroxyl groups excluding tert-OH is 2. The second kappa shape index (κ2) is 21.2. The summed E-state index contributed by atoms with van der Waals surface area (Å²) in [5.41, 5.74) is 4.03. The minimum Gasteiger partial charge on any atom is -0.459 e. The predicted molar refractivity (Wildman–Crippen MR) is 257 cm³/mol. The van der Waals surface area contributed by atoms with Crippen molar-refractivity contribution in [3.8, 4) is 28.7 Å². The third-order valence-electron chi connectivity index (χ3n) is 13.9. The maximum Gasteiger partial charge on any atom is 0.269 e. The third-order valence-corrected chi connectivity index (χ3v) is 14.6. The number of rotatable bonds is 22. The van der Waals surface area contributed by atoms with Gasteiger partial charge in [0.05, 0.1) is 23.2 Å². The summed E-state index contributed by atoms with van der Waals surface area (Å²) in [7, 11) is 0. The van der Waals surface area contributed by atoms with E-state index in [0.717, 1.165) is 60.1 Å². The van der Waals surface area contributed by atoms with Crippen molar-refractivity contribution in [1.29, 1.82) is 0 Å². The van der Waals surface area contributed by atoms with Crippen LogP contribution in [-0.4, -0.2) is 76.4 Å². The maximum atomic E-state index is 15.0. The number of carbonyl (C=O) groups is 1. The summed E-state index contributed by atoms with van der Waals surface area (Å²) in [5.74, 6) is 0.872. The van der Waals surface area contributed by atoms with Crippen molar-refractivity contribution in [3.05, 3.63) is 136 Å². The first-order chi connectivity index (χ1) is 33.2. The highest BCUT2D eigenvalue weighted by Gasteiger charge is 2.66. The van der Waals surface area contributed by atoms with Crippen molar-refractivity contribution < 1.29 is 48.5 Å². The van der Waals surface area contributed by atoms with Gasteiger partial charge in [-0.1, -0.05) is 36.2 Å². The number of nitro benzene ring substituents is 1. The summed E-state index contributed by atoms with van der Waals surface area (Å²) in [5, 5.41) is 36.5. The molecular formula is C53H59N3O11S. The third kappa shape index (κ3) is 9.98. The monoisotopic (exact) mass is 945 g/mol. The molecule has 0 radical (unpaired) electrons. The number of amides is 1. The van der Waals surface area contributed by atoms with Crippen LogP contribution in [0.2, 0.25) is 0 Å². The van der Waals surface area contributed by atoms with Crippen LogP contribution in [0.1, 0.15) is 80.4 Å². The highest BCUT2D eigenvalue weighted by molar-refractivity contribution is 7.98. The Kier molecular flexibility index (Phi) is 14.7. The molecule has 4 aromatic rings. The normalized spacial score (nSPS) is 23.7. The van der Waals surface area contributed by atoms with Crippen LogP contribution in [0.4, 0.5) is 5.69 Å². The molecule has 2 heterocycles. The number of unbranched alkanes of at least 4 members (excludes halogenated alkanes) is 2. The van der Waals surface area contributed by atoms with E-state index in [1.54, 1.807) is 30.0 Å². The number of ether oxygens (including phenoxy) is 5. The first-order valence-corrected chi connectivity index (χ1v) is 24.9. The molecule has 3 aliphatic carbocycles. The summed E-state index contributed by atoms with van der Waals surface area (Å²) in [4.78, 5) is 35.3. The predicted octanol–water partition coefficient (Wildman–Crippen LogP) is 10.1. The van der Waals surface area contributed by atoms with Crippen LogP contribution in [0.5, 0.6) is 28.7 Å². The number of hydrogen-bond donors (Lipinski definition) is 2. The van der Waals surface area contributed by atoms with Crippen LogP contribution in [0.3, 0.4) is 0 Å². The molecule has 68 heavy (non-hydrogen) atoms. The Labute approximate surface area is 401 Å². The van der Waals surface area contributed by atoms with E-state index in [2.05, 4.69) is 18.7 Å². The molecule has 5 aliphatic rings. The zero-order valence-electron chi connectivity index (χ0n) is 38.3. The number of oxime groups is 1. The van der Waals surface area contributed by atoms with E-state index < -0.39 is 22.7 Å². The van der Waals surface area contributed by atoms with Gasteiger partial charge in [0.1, 0.15) is 29.9 Å². The van der Waals surface area contributed by atoms with E-state index in [1.807, 2.05) is 65.8 Å². The quantitative estimate of drug-likeness (QED) is 0.0252. The number of non-ortho nitro benzene ring substituents is 1. The van der Waals surface area contributed by atoms with Crippen LogP contribution >= 0.6 is 11.8 Å². The van der Waals surface area contributed by atoms with Crippen molar-refractivity contribution >= 4 is 29.1 Å². The minimum atomic E-state index is -1.45. The van der Waals surface area contributed by atoms with Gasteiger partial charge in [0.15, 0.2) is 11.5 Å². The summed E-state index contributed by atoms with van der Waals surface area (Å²) in [6.07, 6.45) is 12.2. The Morgan fingerprint density at radius 2 is 1.65 bits per heavy atom. The van der Waals surface area contributed by atoms with Crippen LogP contribution in [0, 0.1) is 33.8 Å². The molecule has 9 rings (SSSR count). The van der Waals surface area contributed by atoms with Crippen LogP contribution in [-0.2, 0) is 27.5 Å². The highest BCUT2D eigenvalue weighted by Crippen LogP contribution is 2.62. The molecule has 2 aliphatic heterocycles. The molecule has 2 fully saturated rings. The molecule has 4 aromatic carbocycles. The topological polar surface area (TPSA) is 172 Å². The summed E-state index contributed by atoms with van der Waals surface area (Å²) in [6, 6.07) is 25.2. The fourth-order valence-electron chi connectivity index (χ4n) is 10.5. The van der Waals surface area contributed by atoms with Gasteiger partial charge in [0.2, 0.25) is 18.5 Å². The summed E-state index contributed by atoms with van der Waals surface area (Å²) < 4.78 is 32.7. The van der Waals surface area contributed by atoms with E-state index in [4.69, 9.17) is 33.7 Å². The Morgan fingerprint density at radius 3 is 2.37 bits per heavy atom. The number of aliphatic hydroxyl groups is 2. The Bertz CT molecular complexity index is 2510. The number of thioether (sulfide) groups is 1. The van der Waals surface area contributed by atoms with E-state index >= 15 is 4.79 Å². The second-order valence-corrected chi connectivity index (χ2v) is 19.1. The molecule has 2 N–H and O–H groups in total. The van der Waals surface area contributed by atoms with Gasteiger partial charge < -0.3 is 43.6 Å². The van der Waals surface area contributed by atoms with Gasteiger partial charge in [-0.2, -0.15) is 0 Å². The molecule has 0 bridgehead atoms. The number of nitrogens with zero attached hydrogens (tertiary/aromatic N) is 3. The van der Waals surface area contributed by atoms with Gasteiger partial charge in [-0.25, -0.2) is 0 Å². The lowest BCUT2D eigenvalue weighted by Gasteiger charge is -2.60. The van der Waals surface area contributed by atoms with Crippen molar-refractivity contribution in [2.24, 2.45) is 28.8 Å². The van der Waals surface area contributed by atoms with Gasteiger partial charge in [-0.05, 0) is 140 Å². The van der Waals surface area contributed by atoms with E-state index in [1.165, 1.54) is 12.1 Å². The average molecular weight is 946 g/mol. The minimum absolute atomic E-state index is 0.00723. The van der Waals surface area contributed by atoms with Crippen molar-refractivity contribution in [3.63, 3.8) is 0 Å². The number of allylic oxidation sites excluding steroid dienone is 1. The Morgan fingerprint density at radius 1 is 0.926 bits per heavy atom. The standard InChI is InChI=1S/C53H59N3O11S/c1-3-26-64-53-49(55(52(59)36-13-14-36)31-35-12-22-47-48(27-35)63-33-62-47)30-45(54-65-32-34-10-15-38(16-11-34)56(60)61)43-28-37(8-4-6-24-57)42(9-5-7-25-58)50(51(43)53)44-29-40(19-23-46(44)67-53)66-39-17-20-41(68-2)21-18-39/h3,10-12,15-23,27-29,36-37,42,49-51,57-58H,1,4-9,13-14,24-26,30-33H2,2H3/t37-,42+,49-,50+,51+,53+/m0/s1. The van der Waals surface area contributed by atoms with Crippen LogP contribution < -0.4 is 18.9 Å². The second-order valence-electron chi connectivity index (χ2n) is 18.2. The molecule has 2 saturated carbocycles. The van der Waals surface area contributed by atoms with Crippen molar-refractivity contribution in [2.45, 2.75) is 93.6 Å². The number of benzene rings is 4. The lowest BCUT2D eigenvalue weighted by Crippen LogP contribution is -2.70. The Balaban J connectivity index is 1.22. The molecule has 358 valence electrons. The van der Waals surface area contributed by atoms with E-state index in [9.17, 15) is 20.3 Å². The largest absolute Gasteiger partial charge is 0.459 e. The van der Waals surface area contributed by atoms with Crippen molar-refractivity contribution in [1.82, 2.24) is 4.90 Å². The molecule has 14 nitrogen and oxygen atoms in total. The van der Waals surface area contributed by atoms with Crippen LogP contribution in [0.25, 0.3) is 0 Å². The zero-order chi connectivity index (χ0) is 47.2. The SMILES string of the molecule is C=CCO[C@@]12Oc3ccc(Oc4ccc(SC)cc4)cc3[C@H]3[C@H](CCCCO)[C@@H](CCCCO)C=C(C(=NOCc4ccc([N+](=O)[O-])cc4)C[C@@H]1N(Cc1ccc4c(c1)OCO4)C(=O)C1CC1)[C@H]32. The molecule has 0 saturated heterocycles. The van der Waals surface area contributed by atoms with Gasteiger partial charge in [0.25, 0.3) is 5.69 Å². The highest BCUT2D eigenvalue weighted by atomic mass is 32.2. The first kappa shape index (κ1) is 47.2. The number of hydrogen-bond acceptors (Lipinski definition) is 13. The molecule has 15 heteroatoms. The summed E-state index contributed by atoms with van der Waals surface area (Å²) >= 11 is 1.66. The molecular weight excluding hydrogens is 887 g/mol. The molecule has 0 aromatic heterocycles. The average Bonchev–Trinajstić information content (AvgIpc) is 4.11. The Hall–Kier alpha value is -5.87.